The van der Waals surface area contributed by atoms with Gasteiger partial charge in [0.05, 0.1) is 20.8 Å². The van der Waals surface area contributed by atoms with Gasteiger partial charge in [0.1, 0.15) is 16.4 Å². The van der Waals surface area contributed by atoms with Crippen LogP contribution in [0.25, 0.3) is 11.4 Å². The van der Waals surface area contributed by atoms with Gasteiger partial charge in [-0.05, 0) is 61.1 Å². The van der Waals surface area contributed by atoms with Gasteiger partial charge in [0.2, 0.25) is 21.7 Å². The third kappa shape index (κ3) is 4.28. The van der Waals surface area contributed by atoms with Crippen LogP contribution >= 0.6 is 0 Å². The predicted octanol–water partition coefficient (Wildman–Crippen LogP) is 3.45. The van der Waals surface area contributed by atoms with Crippen molar-refractivity contribution >= 4 is 10.0 Å². The van der Waals surface area contributed by atoms with E-state index in [2.05, 4.69) is 10.1 Å². The molecule has 1 aromatic heterocycles. The number of rotatable bonds is 7. The Morgan fingerprint density at radius 2 is 1.81 bits per heavy atom. The van der Waals surface area contributed by atoms with Gasteiger partial charge in [0, 0.05) is 12.6 Å². The van der Waals surface area contributed by atoms with E-state index in [4.69, 9.17) is 14.0 Å². The standard InChI is InChI=1S/C22H25N3O5S/c1-25(14-21-23-22(24-30-21)17-9-6-10-18(11-17)28-2)31(26,27)20-13-16-8-5-4-7-15(16)12-19(20)29-3/h6,9-13H,4-5,7-8,14H2,1-3H3. The summed E-state index contributed by atoms with van der Waals surface area (Å²) in [6.07, 6.45) is 3.98. The predicted molar refractivity (Wildman–Crippen MR) is 115 cm³/mol. The fraction of sp³-hybridized carbons (Fsp3) is 0.364. The highest BCUT2D eigenvalue weighted by Gasteiger charge is 2.28. The molecule has 164 valence electrons. The van der Waals surface area contributed by atoms with Crippen molar-refractivity contribution in [2.75, 3.05) is 21.3 Å². The number of hydrogen-bond acceptors (Lipinski definition) is 7. The number of aryl methyl sites for hydroxylation is 2. The van der Waals surface area contributed by atoms with Gasteiger partial charge < -0.3 is 14.0 Å². The highest BCUT2D eigenvalue weighted by molar-refractivity contribution is 7.89. The van der Waals surface area contributed by atoms with Crippen LogP contribution in [-0.4, -0.2) is 44.1 Å². The molecule has 2 aromatic carbocycles. The maximum Gasteiger partial charge on any atom is 0.246 e. The van der Waals surface area contributed by atoms with Crippen LogP contribution in [0.1, 0.15) is 29.9 Å². The third-order valence-corrected chi connectivity index (χ3v) is 7.29. The van der Waals surface area contributed by atoms with Crippen LogP contribution in [0, 0.1) is 0 Å². The molecule has 9 heteroatoms. The van der Waals surface area contributed by atoms with Crippen LogP contribution in [0.4, 0.5) is 0 Å². The van der Waals surface area contributed by atoms with Crippen LogP contribution in [0.2, 0.25) is 0 Å². The summed E-state index contributed by atoms with van der Waals surface area (Å²) in [6, 6.07) is 10.8. The minimum absolute atomic E-state index is 0.0560. The van der Waals surface area contributed by atoms with Crippen LogP contribution in [-0.2, 0) is 29.4 Å². The number of hydrogen-bond donors (Lipinski definition) is 0. The molecule has 0 saturated heterocycles. The lowest BCUT2D eigenvalue weighted by atomic mass is 9.92. The van der Waals surface area contributed by atoms with E-state index in [1.165, 1.54) is 18.5 Å². The quantitative estimate of drug-likeness (QED) is 0.552. The molecule has 31 heavy (non-hydrogen) atoms. The monoisotopic (exact) mass is 443 g/mol. The molecule has 0 amide bonds. The zero-order chi connectivity index (χ0) is 22.0. The largest absolute Gasteiger partial charge is 0.497 e. The average molecular weight is 444 g/mol. The van der Waals surface area contributed by atoms with E-state index in [0.717, 1.165) is 42.4 Å². The summed E-state index contributed by atoms with van der Waals surface area (Å²) in [4.78, 5) is 4.50. The van der Waals surface area contributed by atoms with E-state index in [9.17, 15) is 8.42 Å². The molecule has 0 N–H and O–H groups in total. The Labute approximate surface area is 181 Å². The maximum atomic E-state index is 13.3. The number of sulfonamides is 1. The summed E-state index contributed by atoms with van der Waals surface area (Å²) in [6.45, 7) is -0.0560. The van der Waals surface area contributed by atoms with E-state index < -0.39 is 10.0 Å². The SMILES string of the molecule is COc1cccc(-c2noc(CN(C)S(=O)(=O)c3cc4c(cc3OC)CCCC4)n2)c1. The molecule has 0 atom stereocenters. The third-order valence-electron chi connectivity index (χ3n) is 5.47. The van der Waals surface area contributed by atoms with Gasteiger partial charge in [-0.1, -0.05) is 17.3 Å². The van der Waals surface area contributed by atoms with Crippen molar-refractivity contribution in [3.63, 3.8) is 0 Å². The van der Waals surface area contributed by atoms with Crippen molar-refractivity contribution in [2.24, 2.45) is 0 Å². The molecule has 4 rings (SSSR count). The van der Waals surface area contributed by atoms with Crippen molar-refractivity contribution < 1.29 is 22.4 Å². The zero-order valence-electron chi connectivity index (χ0n) is 17.8. The first-order chi connectivity index (χ1) is 14.9. The van der Waals surface area contributed by atoms with E-state index in [0.29, 0.717) is 17.3 Å². The van der Waals surface area contributed by atoms with Crippen molar-refractivity contribution in [3.05, 3.63) is 53.4 Å². The molecule has 0 unspecified atom stereocenters. The van der Waals surface area contributed by atoms with Crippen LogP contribution in [0.5, 0.6) is 11.5 Å². The van der Waals surface area contributed by atoms with Crippen LogP contribution in [0.3, 0.4) is 0 Å². The number of benzene rings is 2. The lowest BCUT2D eigenvalue weighted by molar-refractivity contribution is 0.335. The van der Waals surface area contributed by atoms with Crippen molar-refractivity contribution in [1.29, 1.82) is 0 Å². The van der Waals surface area contributed by atoms with E-state index in [-0.39, 0.29) is 17.3 Å². The lowest BCUT2D eigenvalue weighted by Crippen LogP contribution is -2.27. The lowest BCUT2D eigenvalue weighted by Gasteiger charge is -2.22. The Balaban J connectivity index is 1.59. The molecule has 0 aliphatic heterocycles. The summed E-state index contributed by atoms with van der Waals surface area (Å²) < 4.78 is 43.7. The molecule has 0 saturated carbocycles. The summed E-state index contributed by atoms with van der Waals surface area (Å²) in [7, 11) is 0.738. The summed E-state index contributed by atoms with van der Waals surface area (Å²) in [5.74, 6) is 1.59. The van der Waals surface area contributed by atoms with E-state index >= 15 is 0 Å². The minimum Gasteiger partial charge on any atom is -0.497 e. The molecular formula is C22H25N3O5S. The summed E-state index contributed by atoms with van der Waals surface area (Å²) >= 11 is 0. The average Bonchev–Trinajstić information content (AvgIpc) is 3.26. The topological polar surface area (TPSA) is 94.8 Å². The second-order valence-electron chi connectivity index (χ2n) is 7.48. The number of methoxy groups -OCH3 is 2. The second kappa shape index (κ2) is 8.68. The fourth-order valence-corrected chi connectivity index (χ4v) is 5.05. The Bertz CT molecular complexity index is 1190. The van der Waals surface area contributed by atoms with Gasteiger partial charge >= 0.3 is 0 Å². The van der Waals surface area contributed by atoms with Crippen molar-refractivity contribution in [3.8, 4) is 22.9 Å². The first-order valence-corrected chi connectivity index (χ1v) is 11.5. The highest BCUT2D eigenvalue weighted by Crippen LogP contribution is 2.33. The zero-order valence-corrected chi connectivity index (χ0v) is 18.6. The molecule has 0 bridgehead atoms. The molecule has 1 aliphatic rings. The molecule has 0 fully saturated rings. The Kier molecular flexibility index (Phi) is 5.97. The highest BCUT2D eigenvalue weighted by atomic mass is 32.2. The van der Waals surface area contributed by atoms with Gasteiger partial charge in [-0.2, -0.15) is 9.29 Å². The Hall–Kier alpha value is -2.91. The Morgan fingerprint density at radius 1 is 1.06 bits per heavy atom. The molecule has 3 aromatic rings. The first kappa shape index (κ1) is 21.3. The summed E-state index contributed by atoms with van der Waals surface area (Å²) in [5, 5.41) is 3.97. The number of ether oxygens (including phenoxy) is 2. The molecule has 8 nitrogen and oxygen atoms in total. The molecule has 1 heterocycles. The molecule has 0 radical (unpaired) electrons. The van der Waals surface area contributed by atoms with Gasteiger partial charge in [-0.15, -0.1) is 0 Å². The maximum absolute atomic E-state index is 13.3. The minimum atomic E-state index is -3.82. The smallest absolute Gasteiger partial charge is 0.246 e. The Morgan fingerprint density at radius 3 is 2.52 bits per heavy atom. The first-order valence-electron chi connectivity index (χ1n) is 10.1. The molecular weight excluding hydrogens is 418 g/mol. The van der Waals surface area contributed by atoms with Gasteiger partial charge in [0.15, 0.2) is 0 Å². The fourth-order valence-electron chi connectivity index (χ4n) is 3.74. The number of fused-ring (bicyclic) bond motifs is 1. The van der Waals surface area contributed by atoms with E-state index in [1.807, 2.05) is 24.3 Å². The molecule has 0 spiro atoms. The second-order valence-corrected chi connectivity index (χ2v) is 9.50. The number of nitrogens with zero attached hydrogens (tertiary/aromatic N) is 3. The number of aromatic nitrogens is 2. The van der Waals surface area contributed by atoms with Gasteiger partial charge in [-0.3, -0.25) is 0 Å². The van der Waals surface area contributed by atoms with Gasteiger partial charge in [-0.25, -0.2) is 8.42 Å². The normalized spacial score (nSPS) is 13.8. The van der Waals surface area contributed by atoms with Crippen LogP contribution in [0.15, 0.2) is 45.8 Å². The van der Waals surface area contributed by atoms with Crippen molar-refractivity contribution in [2.45, 2.75) is 37.1 Å². The molecule has 1 aliphatic carbocycles. The van der Waals surface area contributed by atoms with Crippen LogP contribution < -0.4 is 9.47 Å². The summed E-state index contributed by atoms with van der Waals surface area (Å²) in [5.41, 5.74) is 2.94. The van der Waals surface area contributed by atoms with E-state index in [1.54, 1.807) is 19.2 Å². The van der Waals surface area contributed by atoms with Crippen molar-refractivity contribution in [1.82, 2.24) is 14.4 Å². The van der Waals surface area contributed by atoms with Gasteiger partial charge in [0.25, 0.3) is 0 Å².